The summed E-state index contributed by atoms with van der Waals surface area (Å²) in [6, 6.07) is 8.14. The summed E-state index contributed by atoms with van der Waals surface area (Å²) >= 11 is 1.22. The number of carbonyl (C=O) groups is 1. The molecule has 0 fully saturated rings. The Labute approximate surface area is 187 Å². The van der Waals surface area contributed by atoms with E-state index >= 15 is 0 Å². The van der Waals surface area contributed by atoms with E-state index in [1.807, 2.05) is 19.9 Å². The fourth-order valence-corrected chi connectivity index (χ4v) is 4.44. The molecule has 0 saturated carbocycles. The molecule has 0 aliphatic carbocycles. The van der Waals surface area contributed by atoms with Crippen molar-refractivity contribution in [2.45, 2.75) is 19.9 Å². The topological polar surface area (TPSA) is 92.3 Å². The van der Waals surface area contributed by atoms with Gasteiger partial charge in [-0.3, -0.25) is 9.36 Å². The van der Waals surface area contributed by atoms with Crippen molar-refractivity contribution in [1.29, 1.82) is 0 Å². The van der Waals surface area contributed by atoms with Gasteiger partial charge in [-0.2, -0.15) is 0 Å². The van der Waals surface area contributed by atoms with Gasteiger partial charge in [-0.1, -0.05) is 17.4 Å². The molecule has 32 heavy (non-hydrogen) atoms. The fourth-order valence-electron chi connectivity index (χ4n) is 3.49. The normalized spacial score (nSPS) is 15.5. The Kier molecular flexibility index (Phi) is 6.27. The smallest absolute Gasteiger partial charge is 0.337 e. The molecular weight excluding hydrogens is 432 g/mol. The number of nitrogens with zero attached hydrogens (tertiary/aromatic N) is 2. The highest BCUT2D eigenvalue weighted by atomic mass is 32.1. The van der Waals surface area contributed by atoms with Gasteiger partial charge in [0, 0.05) is 12.3 Å². The number of carbonyl (C=O) groups excluding carboxylic acids is 1. The molecule has 166 valence electrons. The third-order valence-electron chi connectivity index (χ3n) is 4.82. The highest BCUT2D eigenvalue weighted by Gasteiger charge is 2.31. The third-order valence-corrected chi connectivity index (χ3v) is 5.82. The minimum absolute atomic E-state index is 0.246. The lowest BCUT2D eigenvalue weighted by Gasteiger charge is -2.23. The second kappa shape index (κ2) is 9.27. The number of furan rings is 1. The molecule has 1 aliphatic heterocycles. The van der Waals surface area contributed by atoms with Gasteiger partial charge in [0.05, 0.1) is 42.7 Å². The lowest BCUT2D eigenvalue weighted by molar-refractivity contribution is -0.136. The van der Waals surface area contributed by atoms with Gasteiger partial charge >= 0.3 is 5.97 Å². The quantitative estimate of drug-likeness (QED) is 0.509. The zero-order valence-corrected chi connectivity index (χ0v) is 18.7. The van der Waals surface area contributed by atoms with Crippen molar-refractivity contribution in [3.8, 4) is 11.5 Å². The molecule has 0 radical (unpaired) electrons. The van der Waals surface area contributed by atoms with Gasteiger partial charge in [0.1, 0.15) is 5.76 Å². The molecule has 2 aromatic heterocycles. The van der Waals surface area contributed by atoms with Gasteiger partial charge in [-0.15, -0.1) is 0 Å². The first-order valence-corrected chi connectivity index (χ1v) is 10.9. The molecule has 1 aromatic carbocycles. The monoisotopic (exact) mass is 454 g/mol. The first-order valence-electron chi connectivity index (χ1n) is 10.1. The molecule has 3 heterocycles. The molecule has 0 unspecified atom stereocenters. The number of benzene rings is 1. The number of fused-ring (bicyclic) bond motifs is 1. The number of methoxy groups -OCH3 is 1. The molecule has 0 N–H and O–H groups in total. The van der Waals surface area contributed by atoms with E-state index in [0.29, 0.717) is 45.4 Å². The van der Waals surface area contributed by atoms with Crippen LogP contribution in [0.1, 0.15) is 31.2 Å². The van der Waals surface area contributed by atoms with Gasteiger partial charge in [0.2, 0.25) is 0 Å². The van der Waals surface area contributed by atoms with E-state index in [4.69, 9.17) is 18.6 Å². The highest BCUT2D eigenvalue weighted by molar-refractivity contribution is 7.07. The molecule has 0 saturated heterocycles. The summed E-state index contributed by atoms with van der Waals surface area (Å²) in [5.41, 5.74) is 0.640. The van der Waals surface area contributed by atoms with E-state index in [1.165, 1.54) is 35.5 Å². The molecule has 0 bridgehead atoms. The van der Waals surface area contributed by atoms with Gasteiger partial charge in [-0.05, 0) is 43.7 Å². The Morgan fingerprint density at radius 3 is 2.69 bits per heavy atom. The number of hydrogen-bond donors (Lipinski definition) is 0. The zero-order valence-electron chi connectivity index (χ0n) is 17.9. The molecule has 3 aromatic rings. The molecule has 8 nitrogen and oxygen atoms in total. The van der Waals surface area contributed by atoms with Crippen molar-refractivity contribution in [2.24, 2.45) is 4.99 Å². The Bertz CT molecular complexity index is 1330. The second-order valence-corrected chi connectivity index (χ2v) is 7.77. The lowest BCUT2D eigenvalue weighted by Crippen LogP contribution is -2.39. The zero-order chi connectivity index (χ0) is 22.7. The van der Waals surface area contributed by atoms with Crippen LogP contribution in [0.3, 0.4) is 0 Å². The van der Waals surface area contributed by atoms with Crippen LogP contribution in [0, 0.1) is 0 Å². The van der Waals surface area contributed by atoms with E-state index in [1.54, 1.807) is 30.3 Å². The van der Waals surface area contributed by atoms with E-state index in [0.717, 1.165) is 0 Å². The van der Waals surface area contributed by atoms with Crippen LogP contribution >= 0.6 is 11.3 Å². The van der Waals surface area contributed by atoms with Crippen LogP contribution in [0.25, 0.3) is 6.08 Å². The minimum atomic E-state index is -0.729. The van der Waals surface area contributed by atoms with Gasteiger partial charge in [0.25, 0.3) is 5.56 Å². The number of ether oxygens (including phenoxy) is 3. The Morgan fingerprint density at radius 1 is 1.22 bits per heavy atom. The summed E-state index contributed by atoms with van der Waals surface area (Å²) in [4.78, 5) is 30.8. The van der Waals surface area contributed by atoms with Crippen molar-refractivity contribution in [2.75, 3.05) is 20.3 Å². The van der Waals surface area contributed by atoms with Gasteiger partial charge < -0.3 is 18.6 Å². The van der Waals surface area contributed by atoms with Crippen LogP contribution in [0.4, 0.5) is 0 Å². The fraction of sp³-hybridized carbons (Fsp3) is 0.261. The number of aromatic nitrogens is 1. The van der Waals surface area contributed by atoms with E-state index in [2.05, 4.69) is 4.99 Å². The summed E-state index contributed by atoms with van der Waals surface area (Å²) in [5, 5.41) is 0. The predicted octanol–water partition coefficient (Wildman–Crippen LogP) is 2.41. The summed E-state index contributed by atoms with van der Waals surface area (Å²) in [6.45, 7) is 4.68. The molecular formula is C23H22N2O6S. The average molecular weight is 455 g/mol. The van der Waals surface area contributed by atoms with Crippen LogP contribution in [-0.4, -0.2) is 30.9 Å². The predicted molar refractivity (Wildman–Crippen MR) is 119 cm³/mol. The largest absolute Gasteiger partial charge is 0.490 e. The van der Waals surface area contributed by atoms with E-state index in [-0.39, 0.29) is 11.1 Å². The van der Waals surface area contributed by atoms with Gasteiger partial charge in [-0.25, -0.2) is 9.79 Å². The van der Waals surface area contributed by atoms with E-state index in [9.17, 15) is 9.59 Å². The number of hydrogen-bond acceptors (Lipinski definition) is 8. The summed E-state index contributed by atoms with van der Waals surface area (Å²) < 4.78 is 23.7. The molecule has 0 spiro atoms. The van der Waals surface area contributed by atoms with Crippen LogP contribution in [0.2, 0.25) is 0 Å². The molecule has 4 rings (SSSR count). The number of esters is 1. The maximum absolute atomic E-state index is 13.4. The van der Waals surface area contributed by atoms with Crippen molar-refractivity contribution >= 4 is 23.4 Å². The molecule has 9 heteroatoms. The van der Waals surface area contributed by atoms with Crippen molar-refractivity contribution < 1.29 is 23.4 Å². The van der Waals surface area contributed by atoms with Crippen LogP contribution in [-0.2, 0) is 9.53 Å². The van der Waals surface area contributed by atoms with Gasteiger partial charge in [0.15, 0.2) is 16.3 Å². The van der Waals surface area contributed by atoms with Crippen LogP contribution < -0.4 is 24.4 Å². The lowest BCUT2D eigenvalue weighted by atomic mass is 9.97. The Hall–Kier alpha value is -3.59. The molecule has 1 atom stereocenters. The summed E-state index contributed by atoms with van der Waals surface area (Å²) in [5.74, 6) is 1.11. The number of thiazole rings is 1. The van der Waals surface area contributed by atoms with Crippen LogP contribution in [0.15, 0.2) is 62.6 Å². The Balaban J connectivity index is 1.91. The summed E-state index contributed by atoms with van der Waals surface area (Å²) in [7, 11) is 1.30. The average Bonchev–Trinajstić information content (AvgIpc) is 3.42. The first-order chi connectivity index (χ1) is 15.6. The van der Waals surface area contributed by atoms with Crippen LogP contribution in [0.5, 0.6) is 11.5 Å². The highest BCUT2D eigenvalue weighted by Crippen LogP contribution is 2.35. The Morgan fingerprint density at radius 2 is 2.00 bits per heavy atom. The van der Waals surface area contributed by atoms with Crippen molar-refractivity contribution in [1.82, 2.24) is 4.57 Å². The maximum Gasteiger partial charge on any atom is 0.337 e. The third kappa shape index (κ3) is 3.99. The first kappa shape index (κ1) is 21.6. The molecule has 1 aliphatic rings. The minimum Gasteiger partial charge on any atom is -0.490 e. The second-order valence-electron chi connectivity index (χ2n) is 6.76. The number of rotatable bonds is 7. The summed E-state index contributed by atoms with van der Waals surface area (Å²) in [6.07, 6.45) is 4.65. The SMILES string of the molecule is CCOc1ccc([C@H]2C(C(=O)OC)=CN=c3s/c(=C\c4ccco4)c(=O)n32)cc1OCC. The molecule has 0 amide bonds. The van der Waals surface area contributed by atoms with E-state index < -0.39 is 12.0 Å². The van der Waals surface area contributed by atoms with Crippen molar-refractivity contribution in [3.05, 3.63) is 79.4 Å². The standard InChI is InChI=1S/C23H22N2O6S/c1-4-29-17-9-8-14(11-18(17)30-5-2)20-16(22(27)28-3)13-24-23-25(20)21(26)19(32-23)12-15-7-6-10-31-15/h6-13,20H,4-5H2,1-3H3/b19-12-/t20-/m0/s1. The van der Waals surface area contributed by atoms with Crippen molar-refractivity contribution in [3.63, 3.8) is 0 Å². The maximum atomic E-state index is 13.4.